The quantitative estimate of drug-likeness (QED) is 0.926. The minimum atomic E-state index is -0.479. The van der Waals surface area contributed by atoms with Crippen molar-refractivity contribution in [2.75, 3.05) is 19.8 Å². The van der Waals surface area contributed by atoms with Crippen molar-refractivity contribution in [3.63, 3.8) is 0 Å². The van der Waals surface area contributed by atoms with Gasteiger partial charge in [-0.05, 0) is 43.9 Å². The summed E-state index contributed by atoms with van der Waals surface area (Å²) in [5.74, 6) is 1.03. The number of benzene rings is 1. The molecule has 1 aliphatic rings. The summed E-state index contributed by atoms with van der Waals surface area (Å²) in [6.45, 7) is 4.03. The Hall–Kier alpha value is -0.580. The summed E-state index contributed by atoms with van der Waals surface area (Å²) in [5.41, 5.74) is 0.873. The van der Waals surface area contributed by atoms with Crippen LogP contribution in [0.5, 0.6) is 5.75 Å². The van der Waals surface area contributed by atoms with Crippen LogP contribution in [0.2, 0.25) is 0 Å². The maximum absolute atomic E-state index is 10.5. The number of rotatable bonds is 4. The van der Waals surface area contributed by atoms with Crippen LogP contribution in [-0.4, -0.2) is 24.9 Å². The van der Waals surface area contributed by atoms with Crippen LogP contribution in [0.3, 0.4) is 0 Å². The van der Waals surface area contributed by atoms with Crippen LogP contribution < -0.4 is 4.74 Å². The first kappa shape index (κ1) is 13.8. The zero-order valence-corrected chi connectivity index (χ0v) is 12.1. The molecule has 1 aliphatic heterocycles. The van der Waals surface area contributed by atoms with Crippen molar-refractivity contribution in [1.82, 2.24) is 0 Å². The second kappa shape index (κ2) is 6.55. The van der Waals surface area contributed by atoms with Crippen LogP contribution in [0.4, 0.5) is 0 Å². The molecule has 0 bridgehead atoms. The summed E-state index contributed by atoms with van der Waals surface area (Å²) in [7, 11) is 0. The molecule has 18 heavy (non-hydrogen) atoms. The molecule has 0 aromatic heterocycles. The topological polar surface area (TPSA) is 38.7 Å². The van der Waals surface area contributed by atoms with E-state index in [1.165, 1.54) is 0 Å². The van der Waals surface area contributed by atoms with Crippen molar-refractivity contribution in [2.24, 2.45) is 5.92 Å². The zero-order chi connectivity index (χ0) is 13.0. The first-order valence-electron chi connectivity index (χ1n) is 6.40. The van der Waals surface area contributed by atoms with Crippen molar-refractivity contribution >= 4 is 15.9 Å². The number of hydrogen-bond acceptors (Lipinski definition) is 3. The molecule has 0 radical (unpaired) electrons. The van der Waals surface area contributed by atoms with E-state index < -0.39 is 6.10 Å². The van der Waals surface area contributed by atoms with Crippen molar-refractivity contribution in [2.45, 2.75) is 25.9 Å². The molecule has 1 heterocycles. The third-order valence-electron chi connectivity index (χ3n) is 3.30. The first-order valence-corrected chi connectivity index (χ1v) is 7.19. The third kappa shape index (κ3) is 3.25. The van der Waals surface area contributed by atoms with E-state index in [9.17, 15) is 5.11 Å². The van der Waals surface area contributed by atoms with Crippen molar-refractivity contribution < 1.29 is 14.6 Å². The number of hydrogen-bond donors (Lipinski definition) is 1. The fraction of sp³-hybridized carbons (Fsp3) is 0.571. The molecule has 0 amide bonds. The average Bonchev–Trinajstić information content (AvgIpc) is 2.41. The number of aliphatic hydroxyl groups excluding tert-OH is 1. The fourth-order valence-electron chi connectivity index (χ4n) is 2.32. The minimum Gasteiger partial charge on any atom is -0.493 e. The van der Waals surface area contributed by atoms with Crippen molar-refractivity contribution in [1.29, 1.82) is 0 Å². The standard InChI is InChI=1S/C14H19BrO3/c1-2-18-13-4-3-11(15)9-12(13)14(16)10-5-7-17-8-6-10/h3-4,9-10,14,16H,2,5-8H2,1H3. The van der Waals surface area contributed by atoms with Crippen LogP contribution in [-0.2, 0) is 4.74 Å². The maximum Gasteiger partial charge on any atom is 0.125 e. The molecule has 0 spiro atoms. The molecule has 2 rings (SSSR count). The Balaban J connectivity index is 2.21. The zero-order valence-electron chi connectivity index (χ0n) is 10.6. The van der Waals surface area contributed by atoms with Gasteiger partial charge in [-0.15, -0.1) is 0 Å². The third-order valence-corrected chi connectivity index (χ3v) is 3.80. The molecule has 1 N–H and O–H groups in total. The average molecular weight is 315 g/mol. The second-order valence-corrected chi connectivity index (χ2v) is 5.43. The molecule has 1 fully saturated rings. The molecule has 0 aliphatic carbocycles. The van der Waals surface area contributed by atoms with Gasteiger partial charge >= 0.3 is 0 Å². The van der Waals surface area contributed by atoms with Gasteiger partial charge in [-0.25, -0.2) is 0 Å². The molecule has 1 aromatic rings. The molecule has 1 unspecified atom stereocenters. The van der Waals surface area contributed by atoms with E-state index in [1.807, 2.05) is 25.1 Å². The van der Waals surface area contributed by atoms with E-state index in [0.29, 0.717) is 6.61 Å². The highest BCUT2D eigenvalue weighted by Crippen LogP contribution is 2.36. The van der Waals surface area contributed by atoms with Gasteiger partial charge in [0.15, 0.2) is 0 Å². The Morgan fingerprint density at radius 3 is 2.83 bits per heavy atom. The summed E-state index contributed by atoms with van der Waals surface area (Å²) in [5, 5.41) is 10.5. The van der Waals surface area contributed by atoms with E-state index >= 15 is 0 Å². The van der Waals surface area contributed by atoms with Crippen LogP contribution in [0, 0.1) is 5.92 Å². The Morgan fingerprint density at radius 2 is 2.17 bits per heavy atom. The van der Waals surface area contributed by atoms with E-state index in [4.69, 9.17) is 9.47 Å². The number of halogens is 1. The molecule has 4 heteroatoms. The second-order valence-electron chi connectivity index (χ2n) is 4.51. The Morgan fingerprint density at radius 1 is 1.44 bits per heavy atom. The fourth-order valence-corrected chi connectivity index (χ4v) is 2.70. The molecule has 1 atom stereocenters. The molecular formula is C14H19BrO3. The number of ether oxygens (including phenoxy) is 2. The highest BCUT2D eigenvalue weighted by molar-refractivity contribution is 9.10. The predicted molar refractivity (Wildman–Crippen MR) is 73.8 cm³/mol. The molecule has 0 saturated carbocycles. The Bertz CT molecular complexity index is 389. The molecule has 1 saturated heterocycles. The van der Waals surface area contributed by atoms with Gasteiger partial charge in [0.2, 0.25) is 0 Å². The van der Waals surface area contributed by atoms with Gasteiger partial charge in [-0.3, -0.25) is 0 Å². The van der Waals surface area contributed by atoms with Gasteiger partial charge in [0.1, 0.15) is 5.75 Å². The molecule has 100 valence electrons. The van der Waals surface area contributed by atoms with E-state index in [2.05, 4.69) is 15.9 Å². The van der Waals surface area contributed by atoms with Gasteiger partial charge in [0, 0.05) is 23.2 Å². The molecular weight excluding hydrogens is 296 g/mol. The first-order chi connectivity index (χ1) is 8.72. The summed E-state index contributed by atoms with van der Waals surface area (Å²) in [6.07, 6.45) is 1.33. The summed E-state index contributed by atoms with van der Waals surface area (Å²) in [6, 6.07) is 5.79. The van der Waals surface area contributed by atoms with Crippen molar-refractivity contribution in [3.05, 3.63) is 28.2 Å². The van der Waals surface area contributed by atoms with E-state index in [-0.39, 0.29) is 5.92 Å². The van der Waals surface area contributed by atoms with Gasteiger partial charge in [0.05, 0.1) is 12.7 Å². The lowest BCUT2D eigenvalue weighted by molar-refractivity contribution is 0.00619. The van der Waals surface area contributed by atoms with Crippen LogP contribution >= 0.6 is 15.9 Å². The normalized spacial score (nSPS) is 18.6. The Kier molecular flexibility index (Phi) is 5.03. The molecule has 3 nitrogen and oxygen atoms in total. The SMILES string of the molecule is CCOc1ccc(Br)cc1C(O)C1CCOCC1. The summed E-state index contributed by atoms with van der Waals surface area (Å²) in [4.78, 5) is 0. The van der Waals surface area contributed by atoms with Crippen molar-refractivity contribution in [3.8, 4) is 5.75 Å². The van der Waals surface area contributed by atoms with Gasteiger partial charge in [-0.2, -0.15) is 0 Å². The van der Waals surface area contributed by atoms with Crippen LogP contribution in [0.1, 0.15) is 31.4 Å². The summed E-state index contributed by atoms with van der Waals surface area (Å²) >= 11 is 3.45. The minimum absolute atomic E-state index is 0.257. The largest absolute Gasteiger partial charge is 0.493 e. The van der Waals surface area contributed by atoms with Crippen LogP contribution in [0.15, 0.2) is 22.7 Å². The predicted octanol–water partition coefficient (Wildman–Crippen LogP) is 3.31. The van der Waals surface area contributed by atoms with Gasteiger partial charge in [-0.1, -0.05) is 15.9 Å². The summed E-state index contributed by atoms with van der Waals surface area (Å²) < 4.78 is 11.9. The lowest BCUT2D eigenvalue weighted by Crippen LogP contribution is -2.22. The Labute approximate surface area is 116 Å². The highest BCUT2D eigenvalue weighted by atomic mass is 79.9. The lowest BCUT2D eigenvalue weighted by Gasteiger charge is -2.28. The van der Waals surface area contributed by atoms with Gasteiger partial charge in [0.25, 0.3) is 0 Å². The lowest BCUT2D eigenvalue weighted by atomic mass is 9.89. The monoisotopic (exact) mass is 314 g/mol. The van der Waals surface area contributed by atoms with Gasteiger partial charge < -0.3 is 14.6 Å². The molecule has 1 aromatic carbocycles. The van der Waals surface area contributed by atoms with Crippen LogP contribution in [0.25, 0.3) is 0 Å². The number of aliphatic hydroxyl groups is 1. The highest BCUT2D eigenvalue weighted by Gasteiger charge is 2.26. The maximum atomic E-state index is 10.5. The smallest absolute Gasteiger partial charge is 0.125 e. The van der Waals surface area contributed by atoms with E-state index in [1.54, 1.807) is 0 Å². The van der Waals surface area contributed by atoms with E-state index in [0.717, 1.165) is 41.8 Å².